The average molecular weight is 289 g/mol. The molecule has 3 rings (SSSR count). The van der Waals surface area contributed by atoms with Crippen molar-refractivity contribution in [3.05, 3.63) is 71.8 Å². The van der Waals surface area contributed by atoms with Gasteiger partial charge in [-0.2, -0.15) is 0 Å². The van der Waals surface area contributed by atoms with Crippen LogP contribution in [0.25, 0.3) is 0 Å². The van der Waals surface area contributed by atoms with Crippen molar-refractivity contribution >= 4 is 11.6 Å². The molecule has 0 aromatic heterocycles. The molecule has 2 atom stereocenters. The van der Waals surface area contributed by atoms with E-state index in [0.717, 1.165) is 11.1 Å². The lowest BCUT2D eigenvalue weighted by Crippen LogP contribution is -2.31. The van der Waals surface area contributed by atoms with Gasteiger partial charge in [0, 0.05) is 11.1 Å². The maximum atomic E-state index is 6.23. The first-order valence-corrected chi connectivity index (χ1v) is 7.23. The number of rotatable bonds is 3. The summed E-state index contributed by atoms with van der Waals surface area (Å²) >= 11 is 6.18. The van der Waals surface area contributed by atoms with E-state index >= 15 is 0 Å². The molecular weight excluding hydrogens is 272 g/mol. The fraction of sp³-hybridized carbons (Fsp3) is 0.294. The van der Waals surface area contributed by atoms with Gasteiger partial charge in [0.1, 0.15) is 6.10 Å². The van der Waals surface area contributed by atoms with E-state index < -0.39 is 5.79 Å². The zero-order chi connectivity index (χ0) is 14.0. The van der Waals surface area contributed by atoms with Crippen molar-refractivity contribution in [3.63, 3.8) is 0 Å². The maximum Gasteiger partial charge on any atom is 0.222 e. The SMILES string of the molecule is CC(Cl)C1COC(c2ccccc2)(c2ccccc2)O1. The van der Waals surface area contributed by atoms with E-state index in [-0.39, 0.29) is 11.5 Å². The summed E-state index contributed by atoms with van der Waals surface area (Å²) in [5.74, 6) is -0.851. The number of hydrogen-bond acceptors (Lipinski definition) is 2. The molecule has 2 unspecified atom stereocenters. The van der Waals surface area contributed by atoms with Crippen LogP contribution in [0.4, 0.5) is 0 Å². The Bertz CT molecular complexity index is 514. The minimum absolute atomic E-state index is 0.0932. The summed E-state index contributed by atoms with van der Waals surface area (Å²) in [6, 6.07) is 20.0. The lowest BCUT2D eigenvalue weighted by Gasteiger charge is -2.29. The molecule has 0 spiro atoms. The summed E-state index contributed by atoms with van der Waals surface area (Å²) in [4.78, 5) is 0. The Morgan fingerprint density at radius 3 is 1.90 bits per heavy atom. The van der Waals surface area contributed by atoms with Crippen LogP contribution in [-0.2, 0) is 15.3 Å². The molecule has 0 N–H and O–H groups in total. The van der Waals surface area contributed by atoms with Crippen molar-refractivity contribution in [2.75, 3.05) is 6.61 Å². The van der Waals surface area contributed by atoms with Crippen molar-refractivity contribution in [1.29, 1.82) is 0 Å². The first-order valence-electron chi connectivity index (χ1n) is 6.79. The highest BCUT2D eigenvalue weighted by Crippen LogP contribution is 2.41. The van der Waals surface area contributed by atoms with E-state index in [1.54, 1.807) is 0 Å². The van der Waals surface area contributed by atoms with Crippen LogP contribution in [0.2, 0.25) is 0 Å². The highest BCUT2D eigenvalue weighted by Gasteiger charge is 2.45. The zero-order valence-corrected chi connectivity index (χ0v) is 12.1. The molecule has 2 aromatic rings. The largest absolute Gasteiger partial charge is 0.339 e. The highest BCUT2D eigenvalue weighted by molar-refractivity contribution is 6.20. The molecular formula is C17H17ClO2. The molecule has 1 fully saturated rings. The van der Waals surface area contributed by atoms with Crippen molar-refractivity contribution in [2.45, 2.75) is 24.2 Å². The minimum atomic E-state index is -0.851. The van der Waals surface area contributed by atoms with Crippen LogP contribution in [0.15, 0.2) is 60.7 Å². The van der Waals surface area contributed by atoms with Gasteiger partial charge in [-0.3, -0.25) is 0 Å². The molecule has 0 saturated carbocycles. The standard InChI is InChI=1S/C17H17ClO2/c1-13(18)16-12-19-17(20-16,14-8-4-2-5-9-14)15-10-6-3-7-11-15/h2-11,13,16H,12H2,1H3. The molecule has 0 aliphatic carbocycles. The van der Waals surface area contributed by atoms with E-state index in [2.05, 4.69) is 0 Å². The van der Waals surface area contributed by atoms with Gasteiger partial charge in [-0.25, -0.2) is 0 Å². The van der Waals surface area contributed by atoms with Gasteiger partial charge < -0.3 is 9.47 Å². The topological polar surface area (TPSA) is 18.5 Å². The second-order valence-electron chi connectivity index (χ2n) is 4.99. The third kappa shape index (κ3) is 2.35. The van der Waals surface area contributed by atoms with E-state index in [4.69, 9.17) is 21.1 Å². The number of hydrogen-bond donors (Lipinski definition) is 0. The van der Waals surface area contributed by atoms with Gasteiger partial charge in [0.25, 0.3) is 0 Å². The third-order valence-electron chi connectivity index (χ3n) is 3.59. The summed E-state index contributed by atoms with van der Waals surface area (Å²) in [7, 11) is 0. The number of alkyl halides is 1. The van der Waals surface area contributed by atoms with Gasteiger partial charge in [0.05, 0.1) is 12.0 Å². The van der Waals surface area contributed by atoms with E-state index in [1.807, 2.05) is 67.6 Å². The Labute approximate surface area is 124 Å². The monoisotopic (exact) mass is 288 g/mol. The Hall–Kier alpha value is -1.35. The summed E-state index contributed by atoms with van der Waals surface area (Å²) in [5.41, 5.74) is 1.98. The Kier molecular flexibility index (Phi) is 3.79. The fourth-order valence-electron chi connectivity index (χ4n) is 2.49. The van der Waals surface area contributed by atoms with Crippen LogP contribution in [0.1, 0.15) is 18.1 Å². The highest BCUT2D eigenvalue weighted by atomic mass is 35.5. The number of halogens is 1. The number of ether oxygens (including phenoxy) is 2. The number of benzene rings is 2. The van der Waals surface area contributed by atoms with Crippen LogP contribution in [-0.4, -0.2) is 18.1 Å². The van der Waals surface area contributed by atoms with Gasteiger partial charge in [-0.05, 0) is 6.92 Å². The van der Waals surface area contributed by atoms with Gasteiger partial charge >= 0.3 is 0 Å². The summed E-state index contributed by atoms with van der Waals surface area (Å²) in [5, 5.41) is -0.0932. The lowest BCUT2D eigenvalue weighted by atomic mass is 9.97. The van der Waals surface area contributed by atoms with Gasteiger partial charge in [-0.1, -0.05) is 60.7 Å². The van der Waals surface area contributed by atoms with Crippen LogP contribution in [0.5, 0.6) is 0 Å². The molecule has 104 valence electrons. The molecule has 1 aliphatic heterocycles. The van der Waals surface area contributed by atoms with Crippen LogP contribution < -0.4 is 0 Å². The summed E-state index contributed by atoms with van der Waals surface area (Å²) < 4.78 is 12.3. The fourth-order valence-corrected chi connectivity index (χ4v) is 2.62. The normalized spacial score (nSPS) is 22.6. The minimum Gasteiger partial charge on any atom is -0.339 e. The van der Waals surface area contributed by atoms with Crippen LogP contribution in [0.3, 0.4) is 0 Å². The van der Waals surface area contributed by atoms with E-state index in [1.165, 1.54) is 0 Å². The van der Waals surface area contributed by atoms with E-state index in [9.17, 15) is 0 Å². The second kappa shape index (κ2) is 5.57. The Balaban J connectivity index is 2.06. The summed E-state index contributed by atoms with van der Waals surface area (Å²) in [6.45, 7) is 2.43. The van der Waals surface area contributed by atoms with Crippen molar-refractivity contribution in [1.82, 2.24) is 0 Å². The lowest BCUT2D eigenvalue weighted by molar-refractivity contribution is -0.142. The van der Waals surface area contributed by atoms with Crippen molar-refractivity contribution in [3.8, 4) is 0 Å². The van der Waals surface area contributed by atoms with E-state index in [0.29, 0.717) is 6.61 Å². The molecule has 1 heterocycles. The van der Waals surface area contributed by atoms with Crippen LogP contribution >= 0.6 is 11.6 Å². The predicted octanol–water partition coefficient (Wildman–Crippen LogP) is 3.93. The first-order chi connectivity index (χ1) is 9.72. The van der Waals surface area contributed by atoms with Gasteiger partial charge in [0.15, 0.2) is 0 Å². The molecule has 1 saturated heterocycles. The molecule has 3 heteroatoms. The quantitative estimate of drug-likeness (QED) is 0.797. The second-order valence-corrected chi connectivity index (χ2v) is 5.68. The van der Waals surface area contributed by atoms with Crippen LogP contribution in [0, 0.1) is 0 Å². The molecule has 0 radical (unpaired) electrons. The molecule has 20 heavy (non-hydrogen) atoms. The third-order valence-corrected chi connectivity index (χ3v) is 3.87. The molecule has 0 amide bonds. The predicted molar refractivity (Wildman–Crippen MR) is 79.8 cm³/mol. The maximum absolute atomic E-state index is 6.23. The molecule has 2 aromatic carbocycles. The smallest absolute Gasteiger partial charge is 0.222 e. The zero-order valence-electron chi connectivity index (χ0n) is 11.3. The van der Waals surface area contributed by atoms with Crippen molar-refractivity contribution in [2.24, 2.45) is 0 Å². The van der Waals surface area contributed by atoms with Gasteiger partial charge in [0.2, 0.25) is 5.79 Å². The molecule has 1 aliphatic rings. The average Bonchev–Trinajstić information content (AvgIpc) is 2.96. The summed E-state index contributed by atoms with van der Waals surface area (Å²) in [6.07, 6.45) is -0.114. The van der Waals surface area contributed by atoms with Gasteiger partial charge in [-0.15, -0.1) is 11.6 Å². The molecule has 0 bridgehead atoms. The molecule has 2 nitrogen and oxygen atoms in total. The van der Waals surface area contributed by atoms with Crippen molar-refractivity contribution < 1.29 is 9.47 Å². The first kappa shape index (κ1) is 13.6. The Morgan fingerprint density at radius 2 is 1.50 bits per heavy atom. The Morgan fingerprint density at radius 1 is 1.00 bits per heavy atom.